The van der Waals surface area contributed by atoms with Gasteiger partial charge in [0.15, 0.2) is 0 Å². The Labute approximate surface area is 119 Å². The molecule has 0 bridgehead atoms. The van der Waals surface area contributed by atoms with Crippen LogP contribution in [0.1, 0.15) is 40.0 Å². The van der Waals surface area contributed by atoms with Gasteiger partial charge in [0.1, 0.15) is 0 Å². The summed E-state index contributed by atoms with van der Waals surface area (Å²) in [5.41, 5.74) is 0. The predicted molar refractivity (Wildman–Crippen MR) is 78.3 cm³/mol. The number of amides is 1. The summed E-state index contributed by atoms with van der Waals surface area (Å²) in [6.45, 7) is 6.91. The molecule has 1 aliphatic rings. The van der Waals surface area contributed by atoms with Crippen molar-refractivity contribution in [2.75, 3.05) is 18.1 Å². The Balaban J connectivity index is 2.40. The molecular formula is C14H25NO3S. The minimum Gasteiger partial charge on any atom is -0.481 e. The van der Waals surface area contributed by atoms with Crippen LogP contribution in [0.5, 0.6) is 0 Å². The van der Waals surface area contributed by atoms with E-state index < -0.39 is 11.9 Å². The lowest BCUT2D eigenvalue weighted by atomic mass is 9.90. The summed E-state index contributed by atoms with van der Waals surface area (Å²) in [5, 5.41) is 9.14. The lowest BCUT2D eigenvalue weighted by Gasteiger charge is -2.37. The summed E-state index contributed by atoms with van der Waals surface area (Å²) < 4.78 is 0. The topological polar surface area (TPSA) is 57.6 Å². The molecule has 1 rings (SSSR count). The molecule has 0 aliphatic carbocycles. The van der Waals surface area contributed by atoms with Crippen molar-refractivity contribution < 1.29 is 14.7 Å². The number of hydrogen-bond acceptors (Lipinski definition) is 3. The standard InChI is InChI=1S/C14H25NO3S/c1-10(2)6-8-19-9-13(16)15-7-4-5-12(11(15)3)14(17)18/h10-12H,4-9H2,1-3H3,(H,17,18)/t11-,12-/m0/s1. The van der Waals surface area contributed by atoms with Crippen LogP contribution in [0.25, 0.3) is 0 Å². The summed E-state index contributed by atoms with van der Waals surface area (Å²) >= 11 is 1.66. The molecule has 1 saturated heterocycles. The molecule has 0 aromatic heterocycles. The maximum atomic E-state index is 12.1. The third-order valence-corrected chi connectivity index (χ3v) is 4.67. The van der Waals surface area contributed by atoms with Crippen LogP contribution in [-0.4, -0.2) is 46.0 Å². The van der Waals surface area contributed by atoms with Crippen molar-refractivity contribution in [1.29, 1.82) is 0 Å². The summed E-state index contributed by atoms with van der Waals surface area (Å²) in [5.74, 6) is 1.04. The smallest absolute Gasteiger partial charge is 0.308 e. The van der Waals surface area contributed by atoms with Gasteiger partial charge in [0.05, 0.1) is 11.7 Å². The van der Waals surface area contributed by atoms with Crippen molar-refractivity contribution in [1.82, 2.24) is 4.90 Å². The number of carbonyl (C=O) groups excluding carboxylic acids is 1. The van der Waals surface area contributed by atoms with E-state index in [1.54, 1.807) is 16.7 Å². The zero-order chi connectivity index (χ0) is 14.4. The first kappa shape index (κ1) is 16.3. The van der Waals surface area contributed by atoms with Crippen molar-refractivity contribution in [3.05, 3.63) is 0 Å². The number of aliphatic carboxylic acids is 1. The predicted octanol–water partition coefficient (Wildman–Crippen LogP) is 2.48. The number of hydrogen-bond donors (Lipinski definition) is 1. The molecule has 4 nitrogen and oxygen atoms in total. The minimum atomic E-state index is -0.780. The first-order valence-electron chi connectivity index (χ1n) is 7.03. The molecule has 1 fully saturated rings. The highest BCUT2D eigenvalue weighted by Gasteiger charge is 2.34. The maximum absolute atomic E-state index is 12.1. The molecule has 1 amide bonds. The molecule has 5 heteroatoms. The van der Waals surface area contributed by atoms with Gasteiger partial charge in [-0.1, -0.05) is 13.8 Å². The fourth-order valence-corrected chi connectivity index (χ4v) is 3.51. The Hall–Kier alpha value is -0.710. The van der Waals surface area contributed by atoms with Crippen LogP contribution in [0, 0.1) is 11.8 Å². The SMILES string of the molecule is CC(C)CCSCC(=O)N1CCC[C@H](C(=O)O)[C@@H]1C. The van der Waals surface area contributed by atoms with Gasteiger partial charge in [-0.2, -0.15) is 11.8 Å². The van der Waals surface area contributed by atoms with Crippen LogP contribution < -0.4 is 0 Å². The molecular weight excluding hydrogens is 262 g/mol. The fraction of sp³-hybridized carbons (Fsp3) is 0.857. The second-order valence-electron chi connectivity index (χ2n) is 5.65. The second-order valence-corrected chi connectivity index (χ2v) is 6.75. The molecule has 1 aliphatic heterocycles. The van der Waals surface area contributed by atoms with E-state index in [1.807, 2.05) is 6.92 Å². The number of piperidine rings is 1. The van der Waals surface area contributed by atoms with E-state index in [2.05, 4.69) is 13.8 Å². The molecule has 1 N–H and O–H groups in total. The number of nitrogens with zero attached hydrogens (tertiary/aromatic N) is 1. The summed E-state index contributed by atoms with van der Waals surface area (Å²) in [6, 6.07) is -0.176. The van der Waals surface area contributed by atoms with E-state index >= 15 is 0 Å². The van der Waals surface area contributed by atoms with Gasteiger partial charge in [-0.25, -0.2) is 0 Å². The number of carbonyl (C=O) groups is 2. The summed E-state index contributed by atoms with van der Waals surface area (Å²) in [7, 11) is 0. The first-order chi connectivity index (χ1) is 8.93. The number of carboxylic acid groups (broad SMARTS) is 1. The van der Waals surface area contributed by atoms with E-state index in [9.17, 15) is 9.59 Å². The van der Waals surface area contributed by atoms with Gasteiger partial charge in [-0.05, 0) is 37.9 Å². The van der Waals surface area contributed by atoms with Gasteiger partial charge in [0, 0.05) is 12.6 Å². The normalized spacial score (nSPS) is 23.7. The number of thioether (sulfide) groups is 1. The van der Waals surface area contributed by atoms with Crippen molar-refractivity contribution in [2.45, 2.75) is 46.1 Å². The Bertz CT molecular complexity index is 320. The van der Waals surface area contributed by atoms with Gasteiger partial charge in [-0.3, -0.25) is 9.59 Å². The molecule has 1 heterocycles. The quantitative estimate of drug-likeness (QED) is 0.763. The van der Waals surface area contributed by atoms with E-state index in [-0.39, 0.29) is 11.9 Å². The minimum absolute atomic E-state index is 0.0900. The highest BCUT2D eigenvalue weighted by molar-refractivity contribution is 7.99. The third-order valence-electron chi connectivity index (χ3n) is 3.69. The molecule has 2 atom stereocenters. The lowest BCUT2D eigenvalue weighted by Crippen LogP contribution is -2.49. The van der Waals surface area contributed by atoms with Crippen molar-refractivity contribution in [3.63, 3.8) is 0 Å². The van der Waals surface area contributed by atoms with E-state index in [1.165, 1.54) is 0 Å². The van der Waals surface area contributed by atoms with Crippen LogP contribution in [-0.2, 0) is 9.59 Å². The zero-order valence-electron chi connectivity index (χ0n) is 12.1. The maximum Gasteiger partial charge on any atom is 0.308 e. The van der Waals surface area contributed by atoms with Crippen molar-refractivity contribution >= 4 is 23.6 Å². The van der Waals surface area contributed by atoms with Crippen LogP contribution in [0.4, 0.5) is 0 Å². The molecule has 0 radical (unpaired) electrons. The number of rotatable bonds is 6. The molecule has 0 aromatic rings. The summed E-state index contributed by atoms with van der Waals surface area (Å²) in [6.07, 6.45) is 2.59. The fourth-order valence-electron chi connectivity index (χ4n) is 2.39. The van der Waals surface area contributed by atoms with Gasteiger partial charge in [-0.15, -0.1) is 0 Å². The molecule has 0 spiro atoms. The Morgan fingerprint density at radius 2 is 2.11 bits per heavy atom. The van der Waals surface area contributed by atoms with Crippen molar-refractivity contribution in [3.8, 4) is 0 Å². The number of carboxylic acids is 1. The second kappa shape index (κ2) is 7.78. The molecule has 19 heavy (non-hydrogen) atoms. The Morgan fingerprint density at radius 1 is 1.42 bits per heavy atom. The van der Waals surface area contributed by atoms with Crippen LogP contribution in [0.15, 0.2) is 0 Å². The van der Waals surface area contributed by atoms with Crippen LogP contribution in [0.3, 0.4) is 0 Å². The molecule has 0 aromatic carbocycles. The van der Waals surface area contributed by atoms with E-state index in [0.29, 0.717) is 24.6 Å². The van der Waals surface area contributed by atoms with E-state index in [0.717, 1.165) is 18.6 Å². The van der Waals surface area contributed by atoms with Gasteiger partial charge < -0.3 is 10.0 Å². The third kappa shape index (κ3) is 5.05. The van der Waals surface area contributed by atoms with Crippen molar-refractivity contribution in [2.24, 2.45) is 11.8 Å². The monoisotopic (exact) mass is 287 g/mol. The van der Waals surface area contributed by atoms with Gasteiger partial charge >= 0.3 is 5.97 Å². The Morgan fingerprint density at radius 3 is 2.68 bits per heavy atom. The molecule has 0 unspecified atom stereocenters. The molecule has 110 valence electrons. The van der Waals surface area contributed by atoms with Crippen LogP contribution >= 0.6 is 11.8 Å². The zero-order valence-corrected chi connectivity index (χ0v) is 12.9. The first-order valence-corrected chi connectivity index (χ1v) is 8.19. The van der Waals surface area contributed by atoms with Gasteiger partial charge in [0.25, 0.3) is 0 Å². The summed E-state index contributed by atoms with van der Waals surface area (Å²) in [4.78, 5) is 25.0. The van der Waals surface area contributed by atoms with Crippen LogP contribution in [0.2, 0.25) is 0 Å². The molecule has 0 saturated carbocycles. The number of likely N-dealkylation sites (tertiary alicyclic amines) is 1. The average molecular weight is 287 g/mol. The Kier molecular flexibility index (Phi) is 6.69. The lowest BCUT2D eigenvalue weighted by molar-refractivity contribution is -0.148. The van der Waals surface area contributed by atoms with Gasteiger partial charge in [0.2, 0.25) is 5.91 Å². The average Bonchev–Trinajstić information content (AvgIpc) is 2.34. The highest BCUT2D eigenvalue weighted by Crippen LogP contribution is 2.24. The highest BCUT2D eigenvalue weighted by atomic mass is 32.2. The van der Waals surface area contributed by atoms with E-state index in [4.69, 9.17) is 5.11 Å². The largest absolute Gasteiger partial charge is 0.481 e.